The summed E-state index contributed by atoms with van der Waals surface area (Å²) in [7, 11) is -0.0953. The zero-order valence-electron chi connectivity index (χ0n) is 12.7. The van der Waals surface area contributed by atoms with Crippen LogP contribution in [0.1, 0.15) is 6.92 Å². The Morgan fingerprint density at radius 3 is 2.64 bits per heavy atom. The van der Waals surface area contributed by atoms with E-state index >= 15 is 0 Å². The van der Waals surface area contributed by atoms with Crippen LogP contribution in [0.25, 0.3) is 11.1 Å². The van der Waals surface area contributed by atoms with Crippen LogP contribution in [0.5, 0.6) is 0 Å². The Kier molecular flexibility index (Phi) is 3.62. The van der Waals surface area contributed by atoms with Gasteiger partial charge in [0.15, 0.2) is 5.58 Å². The van der Waals surface area contributed by atoms with E-state index in [0.29, 0.717) is 12.1 Å². The second-order valence-electron chi connectivity index (χ2n) is 5.98. The van der Waals surface area contributed by atoms with E-state index in [1.807, 2.05) is 14.0 Å². The second-order valence-corrected chi connectivity index (χ2v) is 7.70. The van der Waals surface area contributed by atoms with Crippen molar-refractivity contribution in [1.82, 2.24) is 14.2 Å². The fourth-order valence-electron chi connectivity index (χ4n) is 2.91. The van der Waals surface area contributed by atoms with Crippen molar-refractivity contribution in [2.45, 2.75) is 17.9 Å². The molecule has 1 aromatic heterocycles. The Labute approximate surface area is 128 Å². The van der Waals surface area contributed by atoms with Crippen LogP contribution >= 0.6 is 0 Å². The minimum atomic E-state index is -3.64. The van der Waals surface area contributed by atoms with Crippen LogP contribution in [0.15, 0.2) is 32.3 Å². The molecule has 7 nitrogen and oxygen atoms in total. The van der Waals surface area contributed by atoms with E-state index in [4.69, 9.17) is 4.42 Å². The predicted octanol–water partition coefficient (Wildman–Crippen LogP) is 0.360. The van der Waals surface area contributed by atoms with E-state index in [1.165, 1.54) is 16.7 Å². The predicted molar refractivity (Wildman–Crippen MR) is 82.2 cm³/mol. The number of rotatable bonds is 3. The van der Waals surface area contributed by atoms with Crippen molar-refractivity contribution in [2.75, 3.05) is 20.1 Å². The van der Waals surface area contributed by atoms with Crippen LogP contribution in [0.4, 0.5) is 0 Å². The van der Waals surface area contributed by atoms with E-state index in [-0.39, 0.29) is 22.4 Å². The van der Waals surface area contributed by atoms with Crippen LogP contribution in [0, 0.1) is 5.92 Å². The topological polar surface area (TPSA) is 84.6 Å². The lowest BCUT2D eigenvalue weighted by molar-refractivity contribution is 0.400. The zero-order valence-corrected chi connectivity index (χ0v) is 13.6. The summed E-state index contributed by atoms with van der Waals surface area (Å²) in [6.45, 7) is 3.57. The highest BCUT2D eigenvalue weighted by molar-refractivity contribution is 7.89. The van der Waals surface area contributed by atoms with Crippen molar-refractivity contribution >= 4 is 21.1 Å². The molecule has 1 aliphatic heterocycles. The van der Waals surface area contributed by atoms with Crippen LogP contribution in [0.3, 0.4) is 0 Å². The molecule has 3 rings (SSSR count). The molecule has 0 unspecified atom stereocenters. The Morgan fingerprint density at radius 2 is 2.00 bits per heavy atom. The van der Waals surface area contributed by atoms with Gasteiger partial charge in [0.05, 0.1) is 10.4 Å². The van der Waals surface area contributed by atoms with Crippen LogP contribution in [0.2, 0.25) is 0 Å². The summed E-state index contributed by atoms with van der Waals surface area (Å²) < 4.78 is 34.2. The minimum Gasteiger partial charge on any atom is -0.408 e. The highest BCUT2D eigenvalue weighted by Gasteiger charge is 2.31. The number of hydrogen-bond acceptors (Lipinski definition) is 5. The third-order valence-electron chi connectivity index (χ3n) is 4.18. The second kappa shape index (κ2) is 5.22. The third-order valence-corrected chi connectivity index (χ3v) is 5.66. The van der Waals surface area contributed by atoms with Gasteiger partial charge >= 0.3 is 5.76 Å². The molecule has 0 radical (unpaired) electrons. The Hall–Kier alpha value is -1.64. The molecule has 8 heteroatoms. The Bertz CT molecular complexity index is 868. The van der Waals surface area contributed by atoms with Gasteiger partial charge in [-0.1, -0.05) is 6.92 Å². The summed E-state index contributed by atoms with van der Waals surface area (Å²) in [4.78, 5) is 13.7. The van der Waals surface area contributed by atoms with Gasteiger partial charge < -0.3 is 9.32 Å². The SMILES string of the molecule is C[C@@H]1CN(C)C[C@@H]1NS(=O)(=O)c1ccc2c(c1)oc(=O)n2C. The molecule has 1 saturated heterocycles. The van der Waals surface area contributed by atoms with Crippen molar-refractivity contribution in [3.8, 4) is 0 Å². The average Bonchev–Trinajstić information content (AvgIpc) is 2.89. The first-order chi connectivity index (χ1) is 10.3. The maximum absolute atomic E-state index is 12.5. The van der Waals surface area contributed by atoms with Gasteiger partial charge in [0.1, 0.15) is 0 Å². The summed E-state index contributed by atoms with van der Waals surface area (Å²) in [6.07, 6.45) is 0. The summed E-state index contributed by atoms with van der Waals surface area (Å²) in [5.74, 6) is -0.262. The number of aromatic nitrogens is 1. The average molecular weight is 325 g/mol. The Morgan fingerprint density at radius 1 is 1.27 bits per heavy atom. The highest BCUT2D eigenvalue weighted by atomic mass is 32.2. The molecule has 0 aliphatic carbocycles. The first-order valence-corrected chi connectivity index (χ1v) is 8.57. The number of hydrogen-bond donors (Lipinski definition) is 1. The number of nitrogens with zero attached hydrogens (tertiary/aromatic N) is 2. The number of benzene rings is 1. The molecule has 2 aromatic rings. The number of likely N-dealkylation sites (tertiary alicyclic amines) is 1. The molecular formula is C14H19N3O4S. The van der Waals surface area contributed by atoms with Crippen molar-refractivity contribution < 1.29 is 12.8 Å². The van der Waals surface area contributed by atoms with Crippen molar-refractivity contribution in [2.24, 2.45) is 13.0 Å². The monoisotopic (exact) mass is 325 g/mol. The fraction of sp³-hybridized carbons (Fsp3) is 0.500. The molecule has 0 amide bonds. The quantitative estimate of drug-likeness (QED) is 0.881. The van der Waals surface area contributed by atoms with Gasteiger partial charge in [0, 0.05) is 32.2 Å². The van der Waals surface area contributed by atoms with Crippen molar-refractivity contribution in [1.29, 1.82) is 0 Å². The number of aryl methyl sites for hydroxylation is 1. The van der Waals surface area contributed by atoms with Crippen molar-refractivity contribution in [3.63, 3.8) is 0 Å². The molecule has 1 fully saturated rings. The van der Waals surface area contributed by atoms with Gasteiger partial charge in [0.2, 0.25) is 10.0 Å². The number of oxazole rings is 1. The molecule has 2 atom stereocenters. The summed E-state index contributed by atoms with van der Waals surface area (Å²) in [5, 5.41) is 0. The lowest BCUT2D eigenvalue weighted by Crippen LogP contribution is -2.39. The van der Waals surface area contributed by atoms with E-state index < -0.39 is 15.8 Å². The van der Waals surface area contributed by atoms with E-state index in [2.05, 4.69) is 9.62 Å². The number of sulfonamides is 1. The van der Waals surface area contributed by atoms with Crippen LogP contribution < -0.4 is 10.5 Å². The number of likely N-dealkylation sites (N-methyl/N-ethyl adjacent to an activating group) is 1. The smallest absolute Gasteiger partial charge is 0.408 e. The molecule has 22 heavy (non-hydrogen) atoms. The Balaban J connectivity index is 1.93. The van der Waals surface area contributed by atoms with Gasteiger partial charge in [0.25, 0.3) is 0 Å². The molecule has 120 valence electrons. The van der Waals surface area contributed by atoms with Gasteiger partial charge in [-0.2, -0.15) is 0 Å². The molecule has 1 aliphatic rings. The third kappa shape index (κ3) is 2.57. The van der Waals surface area contributed by atoms with Gasteiger partial charge in [-0.25, -0.2) is 17.9 Å². The highest BCUT2D eigenvalue weighted by Crippen LogP contribution is 2.21. The molecular weight excluding hydrogens is 306 g/mol. The van der Waals surface area contributed by atoms with Crippen LogP contribution in [-0.4, -0.2) is 44.1 Å². The van der Waals surface area contributed by atoms with Gasteiger partial charge in [-0.3, -0.25) is 4.57 Å². The molecule has 1 aromatic carbocycles. The van der Waals surface area contributed by atoms with Crippen LogP contribution in [-0.2, 0) is 17.1 Å². The maximum atomic E-state index is 12.5. The molecule has 0 bridgehead atoms. The normalized spacial score (nSPS) is 23.4. The zero-order chi connectivity index (χ0) is 16.1. The number of fused-ring (bicyclic) bond motifs is 1. The fourth-order valence-corrected chi connectivity index (χ4v) is 4.26. The van der Waals surface area contributed by atoms with E-state index in [1.54, 1.807) is 13.1 Å². The lowest BCUT2D eigenvalue weighted by Gasteiger charge is -2.16. The first-order valence-electron chi connectivity index (χ1n) is 7.08. The molecule has 2 heterocycles. The number of nitrogens with one attached hydrogen (secondary N) is 1. The molecule has 1 N–H and O–H groups in total. The largest absolute Gasteiger partial charge is 0.419 e. The molecule has 0 saturated carbocycles. The minimum absolute atomic E-state index is 0.108. The van der Waals surface area contributed by atoms with Gasteiger partial charge in [-0.15, -0.1) is 0 Å². The van der Waals surface area contributed by atoms with Gasteiger partial charge in [-0.05, 0) is 25.1 Å². The van der Waals surface area contributed by atoms with Crippen molar-refractivity contribution in [3.05, 3.63) is 28.7 Å². The first kappa shape index (κ1) is 15.3. The van der Waals surface area contributed by atoms with E-state index in [9.17, 15) is 13.2 Å². The summed E-state index contributed by atoms with van der Waals surface area (Å²) in [5.41, 5.74) is 0.838. The summed E-state index contributed by atoms with van der Waals surface area (Å²) >= 11 is 0. The molecule has 0 spiro atoms. The maximum Gasteiger partial charge on any atom is 0.419 e. The lowest BCUT2D eigenvalue weighted by atomic mass is 10.1. The summed E-state index contributed by atoms with van der Waals surface area (Å²) in [6, 6.07) is 4.35. The standard InChI is InChI=1S/C14H19N3O4S/c1-9-7-16(2)8-11(9)15-22(19,20)10-4-5-12-13(6-10)21-14(18)17(12)3/h4-6,9,11,15H,7-8H2,1-3H3/t9-,11+/m1/s1. The van der Waals surface area contributed by atoms with E-state index in [0.717, 1.165) is 6.54 Å².